The fourth-order valence-corrected chi connectivity index (χ4v) is 0.893. The Labute approximate surface area is 79.0 Å². The molecule has 0 atom stereocenters. The number of hydrogen-bond acceptors (Lipinski definition) is 2. The van der Waals surface area contributed by atoms with Crippen molar-refractivity contribution < 1.29 is 9.18 Å². The van der Waals surface area contributed by atoms with E-state index in [1.165, 1.54) is 6.08 Å². The quantitative estimate of drug-likeness (QED) is 0.579. The summed E-state index contributed by atoms with van der Waals surface area (Å²) in [6.07, 6.45) is 3.38. The third kappa shape index (κ3) is 2.83. The second kappa shape index (κ2) is 4.00. The van der Waals surface area contributed by atoms with Gasteiger partial charge in [0.2, 0.25) is 5.91 Å². The third-order valence-electron chi connectivity index (χ3n) is 1.26. The molecule has 68 valence electrons. The van der Waals surface area contributed by atoms with E-state index in [1.807, 2.05) is 0 Å². The maximum atomic E-state index is 12.6. The number of pyridine rings is 1. The van der Waals surface area contributed by atoms with Crippen molar-refractivity contribution in [1.82, 2.24) is 4.98 Å². The minimum absolute atomic E-state index is 0.124. The van der Waals surface area contributed by atoms with Crippen molar-refractivity contribution >= 4 is 23.6 Å². The molecule has 1 aromatic rings. The first-order chi connectivity index (χ1) is 6.09. The lowest BCUT2D eigenvalue weighted by atomic mass is 10.2. The highest BCUT2D eigenvalue weighted by molar-refractivity contribution is 6.30. The van der Waals surface area contributed by atoms with Crippen LogP contribution in [0.25, 0.3) is 6.08 Å². The van der Waals surface area contributed by atoms with Gasteiger partial charge in [0.05, 0.1) is 6.20 Å². The van der Waals surface area contributed by atoms with Crippen molar-refractivity contribution in [2.24, 2.45) is 5.73 Å². The van der Waals surface area contributed by atoms with Gasteiger partial charge in [-0.05, 0) is 12.1 Å². The van der Waals surface area contributed by atoms with Gasteiger partial charge in [-0.15, -0.1) is 0 Å². The third-order valence-corrected chi connectivity index (χ3v) is 1.58. The molecule has 0 aliphatic rings. The molecule has 5 heteroatoms. The van der Waals surface area contributed by atoms with Crippen LogP contribution in [0.2, 0.25) is 5.15 Å². The van der Waals surface area contributed by atoms with Crippen LogP contribution in [0, 0.1) is 5.82 Å². The molecule has 1 aromatic heterocycles. The molecule has 0 aliphatic heterocycles. The van der Waals surface area contributed by atoms with Crippen LogP contribution in [0.15, 0.2) is 18.3 Å². The van der Waals surface area contributed by atoms with Crippen LogP contribution in [-0.4, -0.2) is 10.9 Å². The summed E-state index contributed by atoms with van der Waals surface area (Å²) in [6, 6.07) is 1.16. The lowest BCUT2D eigenvalue weighted by molar-refractivity contribution is -0.113. The van der Waals surface area contributed by atoms with Gasteiger partial charge in [0, 0.05) is 11.6 Å². The Morgan fingerprint density at radius 2 is 2.38 bits per heavy atom. The SMILES string of the molecule is NC(=O)C=Cc1cc(F)cnc1Cl. The van der Waals surface area contributed by atoms with Gasteiger partial charge < -0.3 is 5.73 Å². The number of nitrogens with zero attached hydrogens (tertiary/aromatic N) is 1. The first kappa shape index (κ1) is 9.67. The number of carbonyl (C=O) groups is 1. The minimum atomic E-state index is -0.625. The summed E-state index contributed by atoms with van der Waals surface area (Å²) in [4.78, 5) is 13.9. The van der Waals surface area contributed by atoms with Gasteiger partial charge in [0.15, 0.2) is 0 Å². The standard InChI is InChI=1S/C8H6ClFN2O/c9-8-5(1-2-7(11)13)3-6(10)4-12-8/h1-4H,(H2,11,13). The second-order valence-corrected chi connectivity index (χ2v) is 2.63. The molecule has 1 rings (SSSR count). The molecular formula is C8H6ClFN2O. The first-order valence-corrected chi connectivity index (χ1v) is 3.76. The molecule has 0 bridgehead atoms. The molecule has 0 radical (unpaired) electrons. The zero-order valence-electron chi connectivity index (χ0n) is 6.50. The summed E-state index contributed by atoms with van der Waals surface area (Å²) < 4.78 is 12.6. The van der Waals surface area contributed by atoms with Crippen molar-refractivity contribution in [2.45, 2.75) is 0 Å². The molecule has 1 heterocycles. The molecule has 0 saturated carbocycles. The summed E-state index contributed by atoms with van der Waals surface area (Å²) in [5.74, 6) is -1.14. The predicted molar refractivity (Wildman–Crippen MR) is 47.4 cm³/mol. The van der Waals surface area contributed by atoms with Gasteiger partial charge in [-0.25, -0.2) is 9.37 Å². The van der Waals surface area contributed by atoms with Crippen LogP contribution in [0.1, 0.15) is 5.56 Å². The van der Waals surface area contributed by atoms with Crippen molar-refractivity contribution in [3.8, 4) is 0 Å². The Balaban J connectivity index is 3.00. The number of hydrogen-bond donors (Lipinski definition) is 1. The average Bonchev–Trinajstić information content (AvgIpc) is 2.06. The van der Waals surface area contributed by atoms with Gasteiger partial charge in [0.25, 0.3) is 0 Å². The number of halogens is 2. The number of nitrogens with two attached hydrogens (primary N) is 1. The molecule has 3 nitrogen and oxygen atoms in total. The molecule has 0 unspecified atom stereocenters. The van der Waals surface area contributed by atoms with Crippen LogP contribution in [0.5, 0.6) is 0 Å². The molecule has 0 spiro atoms. The number of aromatic nitrogens is 1. The molecule has 0 aliphatic carbocycles. The molecule has 0 saturated heterocycles. The second-order valence-electron chi connectivity index (χ2n) is 2.27. The maximum absolute atomic E-state index is 12.6. The molecule has 0 fully saturated rings. The fraction of sp³-hybridized carbons (Fsp3) is 0. The zero-order chi connectivity index (χ0) is 9.84. The minimum Gasteiger partial charge on any atom is -0.366 e. The van der Waals surface area contributed by atoms with E-state index in [4.69, 9.17) is 17.3 Å². The Kier molecular flexibility index (Phi) is 2.97. The van der Waals surface area contributed by atoms with Gasteiger partial charge in [0.1, 0.15) is 11.0 Å². The molecule has 0 aromatic carbocycles. The Morgan fingerprint density at radius 3 is 3.00 bits per heavy atom. The Morgan fingerprint density at radius 1 is 1.69 bits per heavy atom. The van der Waals surface area contributed by atoms with Crippen molar-refractivity contribution in [1.29, 1.82) is 0 Å². The van der Waals surface area contributed by atoms with E-state index in [0.717, 1.165) is 18.3 Å². The molecule has 2 N–H and O–H groups in total. The van der Waals surface area contributed by atoms with Gasteiger partial charge in [-0.3, -0.25) is 4.79 Å². The van der Waals surface area contributed by atoms with Crippen molar-refractivity contribution in [3.63, 3.8) is 0 Å². The smallest absolute Gasteiger partial charge is 0.241 e. The number of primary amides is 1. The highest BCUT2D eigenvalue weighted by Gasteiger charge is 1.99. The fourth-order valence-electron chi connectivity index (χ4n) is 0.727. The summed E-state index contributed by atoms with van der Waals surface area (Å²) >= 11 is 5.60. The van der Waals surface area contributed by atoms with Crippen LogP contribution in [0.3, 0.4) is 0 Å². The van der Waals surface area contributed by atoms with E-state index in [0.29, 0.717) is 5.56 Å². The van der Waals surface area contributed by atoms with Crippen LogP contribution < -0.4 is 5.73 Å². The maximum Gasteiger partial charge on any atom is 0.241 e. The predicted octanol–water partition coefficient (Wildman–Crippen LogP) is 1.37. The van der Waals surface area contributed by atoms with Crippen LogP contribution >= 0.6 is 11.6 Å². The van der Waals surface area contributed by atoms with Gasteiger partial charge in [-0.1, -0.05) is 11.6 Å². The Bertz CT molecular complexity index is 365. The molecular weight excluding hydrogens is 195 g/mol. The van der Waals surface area contributed by atoms with E-state index in [-0.39, 0.29) is 5.15 Å². The van der Waals surface area contributed by atoms with E-state index in [1.54, 1.807) is 0 Å². The number of amides is 1. The lowest BCUT2D eigenvalue weighted by Gasteiger charge is -1.95. The summed E-state index contributed by atoms with van der Waals surface area (Å²) in [5.41, 5.74) is 5.17. The van der Waals surface area contributed by atoms with Crippen molar-refractivity contribution in [3.05, 3.63) is 34.9 Å². The van der Waals surface area contributed by atoms with Crippen molar-refractivity contribution in [2.75, 3.05) is 0 Å². The molecule has 13 heavy (non-hydrogen) atoms. The highest BCUT2D eigenvalue weighted by Crippen LogP contribution is 2.14. The lowest BCUT2D eigenvalue weighted by Crippen LogP contribution is -2.05. The van der Waals surface area contributed by atoms with E-state index in [9.17, 15) is 9.18 Å². The monoisotopic (exact) mass is 200 g/mol. The Hall–Kier alpha value is -1.42. The topological polar surface area (TPSA) is 56.0 Å². The average molecular weight is 201 g/mol. The first-order valence-electron chi connectivity index (χ1n) is 3.38. The number of carbonyl (C=O) groups excluding carboxylic acids is 1. The number of rotatable bonds is 2. The van der Waals surface area contributed by atoms with E-state index >= 15 is 0 Å². The van der Waals surface area contributed by atoms with Crippen LogP contribution in [-0.2, 0) is 4.79 Å². The van der Waals surface area contributed by atoms with Gasteiger partial charge >= 0.3 is 0 Å². The highest BCUT2D eigenvalue weighted by atomic mass is 35.5. The largest absolute Gasteiger partial charge is 0.366 e. The van der Waals surface area contributed by atoms with Crippen LogP contribution in [0.4, 0.5) is 4.39 Å². The summed E-state index contributed by atoms with van der Waals surface area (Å²) in [7, 11) is 0. The van der Waals surface area contributed by atoms with Gasteiger partial charge in [-0.2, -0.15) is 0 Å². The van der Waals surface area contributed by atoms with E-state index in [2.05, 4.69) is 4.98 Å². The zero-order valence-corrected chi connectivity index (χ0v) is 7.25. The van der Waals surface area contributed by atoms with E-state index < -0.39 is 11.7 Å². The molecule has 1 amide bonds. The summed E-state index contributed by atoms with van der Waals surface area (Å²) in [5, 5.41) is 0.124. The summed E-state index contributed by atoms with van der Waals surface area (Å²) in [6.45, 7) is 0. The normalized spacial score (nSPS) is 10.6.